The van der Waals surface area contributed by atoms with Crippen LogP contribution in [0.3, 0.4) is 0 Å². The highest BCUT2D eigenvalue weighted by Gasteiger charge is 2.24. The predicted molar refractivity (Wildman–Crippen MR) is 85.5 cm³/mol. The molecule has 2 heterocycles. The predicted octanol–water partition coefficient (Wildman–Crippen LogP) is 1.27. The number of hydrogen-bond donors (Lipinski definition) is 0. The van der Waals surface area contributed by atoms with Gasteiger partial charge in [-0.3, -0.25) is 4.79 Å². The second kappa shape index (κ2) is 6.46. The topological polar surface area (TPSA) is 56.6 Å². The van der Waals surface area contributed by atoms with Gasteiger partial charge in [0, 0.05) is 26.7 Å². The fourth-order valence-corrected chi connectivity index (χ4v) is 2.90. The van der Waals surface area contributed by atoms with Crippen molar-refractivity contribution < 1.29 is 9.47 Å². The van der Waals surface area contributed by atoms with E-state index in [1.54, 1.807) is 11.7 Å². The van der Waals surface area contributed by atoms with Crippen molar-refractivity contribution in [2.75, 3.05) is 38.3 Å². The highest BCUT2D eigenvalue weighted by molar-refractivity contribution is 5.76. The van der Waals surface area contributed by atoms with Gasteiger partial charge in [0.05, 0.1) is 30.4 Å². The third-order valence-corrected chi connectivity index (χ3v) is 3.94. The van der Waals surface area contributed by atoms with Gasteiger partial charge >= 0.3 is 0 Å². The molecule has 0 radical (unpaired) electrons. The quantitative estimate of drug-likeness (QED) is 0.851. The van der Waals surface area contributed by atoms with Gasteiger partial charge in [-0.1, -0.05) is 12.1 Å². The summed E-state index contributed by atoms with van der Waals surface area (Å²) in [6.07, 6.45) is -0.0264. The van der Waals surface area contributed by atoms with E-state index < -0.39 is 0 Å². The van der Waals surface area contributed by atoms with Gasteiger partial charge in [0.15, 0.2) is 5.82 Å². The largest absolute Gasteiger partial charge is 0.382 e. The smallest absolute Gasteiger partial charge is 0.293 e. The van der Waals surface area contributed by atoms with Crippen LogP contribution in [0.4, 0.5) is 5.82 Å². The second-order valence-corrected chi connectivity index (χ2v) is 5.37. The number of benzene rings is 1. The molecule has 0 N–H and O–H groups in total. The SMILES string of the molecule is CCn1c(=O)c(N2CCOC(COC)C2)nc2ccccc21. The summed E-state index contributed by atoms with van der Waals surface area (Å²) in [5, 5.41) is 0. The lowest BCUT2D eigenvalue weighted by atomic mass is 10.2. The summed E-state index contributed by atoms with van der Waals surface area (Å²) in [4.78, 5) is 19.4. The highest BCUT2D eigenvalue weighted by atomic mass is 16.5. The van der Waals surface area contributed by atoms with Gasteiger partial charge in [0.25, 0.3) is 5.56 Å². The number of anilines is 1. The van der Waals surface area contributed by atoms with E-state index in [0.717, 1.165) is 11.0 Å². The zero-order chi connectivity index (χ0) is 15.5. The number of hydrogen-bond acceptors (Lipinski definition) is 5. The summed E-state index contributed by atoms with van der Waals surface area (Å²) >= 11 is 0. The lowest BCUT2D eigenvalue weighted by Crippen LogP contribution is -2.47. The Hall–Kier alpha value is -1.92. The number of ether oxygens (including phenoxy) is 2. The molecule has 1 aromatic heterocycles. The van der Waals surface area contributed by atoms with Crippen LogP contribution in [0.1, 0.15) is 6.92 Å². The van der Waals surface area contributed by atoms with Crippen molar-refractivity contribution in [1.82, 2.24) is 9.55 Å². The summed E-state index contributed by atoms with van der Waals surface area (Å²) in [5.41, 5.74) is 1.67. The zero-order valence-electron chi connectivity index (χ0n) is 13.0. The van der Waals surface area contributed by atoms with E-state index in [0.29, 0.717) is 38.7 Å². The molecule has 1 fully saturated rings. The zero-order valence-corrected chi connectivity index (χ0v) is 13.0. The molecule has 1 unspecified atom stereocenters. The maximum absolute atomic E-state index is 12.8. The third-order valence-electron chi connectivity index (χ3n) is 3.94. The maximum Gasteiger partial charge on any atom is 0.293 e. The van der Waals surface area contributed by atoms with Crippen molar-refractivity contribution in [2.45, 2.75) is 19.6 Å². The molecular weight excluding hydrogens is 282 g/mol. The highest BCUT2D eigenvalue weighted by Crippen LogP contribution is 2.17. The van der Waals surface area contributed by atoms with E-state index in [2.05, 4.69) is 4.98 Å². The van der Waals surface area contributed by atoms with Crippen LogP contribution in [0.25, 0.3) is 11.0 Å². The van der Waals surface area contributed by atoms with Gasteiger partial charge in [0.1, 0.15) is 0 Å². The van der Waals surface area contributed by atoms with Gasteiger partial charge < -0.3 is 18.9 Å². The Bertz CT molecular complexity index is 711. The summed E-state index contributed by atoms with van der Waals surface area (Å²) in [5.74, 6) is 0.505. The van der Waals surface area contributed by atoms with Crippen molar-refractivity contribution in [1.29, 1.82) is 0 Å². The van der Waals surface area contributed by atoms with Gasteiger partial charge in [-0.15, -0.1) is 0 Å². The second-order valence-electron chi connectivity index (χ2n) is 5.37. The van der Waals surface area contributed by atoms with Gasteiger partial charge in [-0.2, -0.15) is 0 Å². The van der Waals surface area contributed by atoms with Crippen LogP contribution < -0.4 is 10.5 Å². The maximum atomic E-state index is 12.8. The molecule has 0 spiro atoms. The van der Waals surface area contributed by atoms with Crippen LogP contribution in [0.15, 0.2) is 29.1 Å². The van der Waals surface area contributed by atoms with Crippen molar-refractivity contribution >= 4 is 16.9 Å². The Kier molecular flexibility index (Phi) is 4.40. The van der Waals surface area contributed by atoms with E-state index in [9.17, 15) is 4.79 Å². The fraction of sp³-hybridized carbons (Fsp3) is 0.500. The first kappa shape index (κ1) is 15.0. The van der Waals surface area contributed by atoms with Crippen LogP contribution in [-0.2, 0) is 16.0 Å². The first-order chi connectivity index (χ1) is 10.7. The van der Waals surface area contributed by atoms with Crippen LogP contribution in [0.2, 0.25) is 0 Å². The number of fused-ring (bicyclic) bond motifs is 1. The molecule has 1 aromatic carbocycles. The van der Waals surface area contributed by atoms with Crippen LogP contribution >= 0.6 is 0 Å². The summed E-state index contributed by atoms with van der Waals surface area (Å²) in [6, 6.07) is 7.75. The summed E-state index contributed by atoms with van der Waals surface area (Å²) in [6.45, 7) is 4.99. The molecule has 2 aromatic rings. The minimum atomic E-state index is -0.0423. The van der Waals surface area contributed by atoms with Gasteiger partial charge in [-0.05, 0) is 19.1 Å². The van der Waals surface area contributed by atoms with E-state index in [4.69, 9.17) is 9.47 Å². The van der Waals surface area contributed by atoms with E-state index in [1.165, 1.54) is 0 Å². The Morgan fingerprint density at radius 1 is 1.41 bits per heavy atom. The monoisotopic (exact) mass is 303 g/mol. The van der Waals surface area contributed by atoms with Crippen molar-refractivity contribution in [2.24, 2.45) is 0 Å². The average Bonchev–Trinajstić information content (AvgIpc) is 2.55. The number of para-hydroxylation sites is 2. The van der Waals surface area contributed by atoms with E-state index >= 15 is 0 Å². The first-order valence-electron chi connectivity index (χ1n) is 7.59. The fourth-order valence-electron chi connectivity index (χ4n) is 2.90. The number of nitrogens with zero attached hydrogens (tertiary/aromatic N) is 3. The Morgan fingerprint density at radius 3 is 3.00 bits per heavy atom. The number of methoxy groups -OCH3 is 1. The van der Waals surface area contributed by atoms with Crippen molar-refractivity contribution in [3.8, 4) is 0 Å². The minimum absolute atomic E-state index is 0.0264. The minimum Gasteiger partial charge on any atom is -0.382 e. The Labute approximate surface area is 129 Å². The first-order valence-corrected chi connectivity index (χ1v) is 7.59. The normalized spacial score (nSPS) is 18.8. The molecule has 0 aliphatic carbocycles. The molecule has 0 bridgehead atoms. The molecule has 6 heteroatoms. The van der Waals surface area contributed by atoms with Crippen LogP contribution in [-0.4, -0.2) is 49.1 Å². The number of aryl methyl sites for hydroxylation is 1. The number of aromatic nitrogens is 2. The van der Waals surface area contributed by atoms with Gasteiger partial charge in [0.2, 0.25) is 0 Å². The Morgan fingerprint density at radius 2 is 2.23 bits per heavy atom. The average molecular weight is 303 g/mol. The number of morpholine rings is 1. The van der Waals surface area contributed by atoms with Crippen molar-refractivity contribution in [3.63, 3.8) is 0 Å². The lowest BCUT2D eigenvalue weighted by molar-refractivity contribution is -0.0103. The number of rotatable bonds is 4. The molecule has 1 saturated heterocycles. The lowest BCUT2D eigenvalue weighted by Gasteiger charge is -2.33. The molecule has 1 aliphatic heterocycles. The molecule has 1 aliphatic rings. The standard InChI is InChI=1S/C16H21N3O3/c1-3-19-14-7-5-4-6-13(14)17-15(16(19)20)18-8-9-22-12(10-18)11-21-2/h4-7,12H,3,8-11H2,1-2H3. The van der Waals surface area contributed by atoms with E-state index in [-0.39, 0.29) is 11.7 Å². The molecule has 6 nitrogen and oxygen atoms in total. The van der Waals surface area contributed by atoms with Crippen molar-refractivity contribution in [3.05, 3.63) is 34.6 Å². The molecule has 0 amide bonds. The summed E-state index contributed by atoms with van der Waals surface area (Å²) in [7, 11) is 1.65. The summed E-state index contributed by atoms with van der Waals surface area (Å²) < 4.78 is 12.6. The van der Waals surface area contributed by atoms with Crippen LogP contribution in [0.5, 0.6) is 0 Å². The van der Waals surface area contributed by atoms with Gasteiger partial charge in [-0.25, -0.2) is 4.98 Å². The molecule has 1 atom stereocenters. The molecule has 0 saturated carbocycles. The third kappa shape index (κ3) is 2.71. The molecule has 118 valence electrons. The van der Waals surface area contributed by atoms with Crippen LogP contribution in [0, 0.1) is 0 Å². The molecule has 3 rings (SSSR count). The molecule has 22 heavy (non-hydrogen) atoms. The Balaban J connectivity index is 2.03. The van der Waals surface area contributed by atoms with E-state index in [1.807, 2.05) is 36.1 Å². The molecular formula is C16H21N3O3.